The number of aliphatic hydroxyl groups excluding tert-OH is 3. The van der Waals surface area contributed by atoms with E-state index in [4.69, 9.17) is 21.1 Å². The predicted octanol–water partition coefficient (Wildman–Crippen LogP) is -1.95. The van der Waals surface area contributed by atoms with Crippen LogP contribution in [0.5, 0.6) is 0 Å². The molecular weight excluding hydrogens is 122 g/mol. The van der Waals surface area contributed by atoms with Gasteiger partial charge in [-0.3, -0.25) is 0 Å². The molecule has 0 rings (SSSR count). The van der Waals surface area contributed by atoms with Crippen molar-refractivity contribution in [3.63, 3.8) is 0 Å². The molecule has 0 aliphatic heterocycles. The van der Waals surface area contributed by atoms with Crippen molar-refractivity contribution in [3.05, 3.63) is 0 Å². The standard InChI is InChI=1S/C5H13NO3/c6-2-1-4(8)5(9)3-7/h4-5,7-9H,1-3,6H2/t4-,5+/m0/s1. The van der Waals surface area contributed by atoms with E-state index in [0.29, 0.717) is 13.0 Å². The molecule has 0 unspecified atom stereocenters. The van der Waals surface area contributed by atoms with E-state index in [-0.39, 0.29) is 0 Å². The molecule has 2 atom stereocenters. The molecular formula is C5H13NO3. The van der Waals surface area contributed by atoms with Gasteiger partial charge in [-0.15, -0.1) is 0 Å². The summed E-state index contributed by atoms with van der Waals surface area (Å²) in [4.78, 5) is 0. The van der Waals surface area contributed by atoms with Crippen molar-refractivity contribution in [2.75, 3.05) is 13.2 Å². The van der Waals surface area contributed by atoms with Gasteiger partial charge >= 0.3 is 0 Å². The van der Waals surface area contributed by atoms with Crippen molar-refractivity contribution in [2.24, 2.45) is 5.73 Å². The lowest BCUT2D eigenvalue weighted by molar-refractivity contribution is -0.0162. The largest absolute Gasteiger partial charge is 0.394 e. The van der Waals surface area contributed by atoms with Crippen LogP contribution in [0.25, 0.3) is 0 Å². The lowest BCUT2D eigenvalue weighted by Gasteiger charge is -2.13. The predicted molar refractivity (Wildman–Crippen MR) is 32.8 cm³/mol. The molecule has 56 valence electrons. The van der Waals surface area contributed by atoms with Gasteiger partial charge in [0.05, 0.1) is 12.7 Å². The first-order valence-corrected chi connectivity index (χ1v) is 2.89. The molecule has 0 aliphatic carbocycles. The molecule has 5 N–H and O–H groups in total. The highest BCUT2D eigenvalue weighted by atomic mass is 16.4. The van der Waals surface area contributed by atoms with Crippen LogP contribution in [0.15, 0.2) is 0 Å². The van der Waals surface area contributed by atoms with Crippen LogP contribution >= 0.6 is 0 Å². The number of nitrogens with two attached hydrogens (primary N) is 1. The molecule has 0 radical (unpaired) electrons. The topological polar surface area (TPSA) is 86.7 Å². The Morgan fingerprint density at radius 2 is 1.78 bits per heavy atom. The van der Waals surface area contributed by atoms with Crippen LogP contribution in [0.3, 0.4) is 0 Å². The van der Waals surface area contributed by atoms with E-state index >= 15 is 0 Å². The van der Waals surface area contributed by atoms with Crippen molar-refractivity contribution >= 4 is 0 Å². The Kier molecular flexibility index (Phi) is 4.61. The molecule has 0 bridgehead atoms. The molecule has 0 heterocycles. The van der Waals surface area contributed by atoms with E-state index < -0.39 is 18.8 Å². The van der Waals surface area contributed by atoms with Crippen LogP contribution in [0.2, 0.25) is 0 Å². The molecule has 9 heavy (non-hydrogen) atoms. The van der Waals surface area contributed by atoms with Crippen molar-refractivity contribution in [1.29, 1.82) is 0 Å². The lowest BCUT2D eigenvalue weighted by Crippen LogP contribution is -2.31. The maximum Gasteiger partial charge on any atom is 0.103 e. The Hall–Kier alpha value is -0.160. The van der Waals surface area contributed by atoms with E-state index in [9.17, 15) is 0 Å². The second kappa shape index (κ2) is 4.69. The Labute approximate surface area is 53.9 Å². The average Bonchev–Trinajstić information content (AvgIpc) is 1.87. The van der Waals surface area contributed by atoms with Crippen LogP contribution < -0.4 is 5.73 Å². The van der Waals surface area contributed by atoms with Crippen LogP contribution in [-0.2, 0) is 0 Å². The van der Waals surface area contributed by atoms with Gasteiger partial charge in [-0.05, 0) is 13.0 Å². The molecule has 0 saturated heterocycles. The van der Waals surface area contributed by atoms with Gasteiger partial charge in [0.1, 0.15) is 6.10 Å². The van der Waals surface area contributed by atoms with E-state index in [1.165, 1.54) is 0 Å². The molecule has 0 amide bonds. The lowest BCUT2D eigenvalue weighted by atomic mass is 10.1. The molecule has 0 aromatic heterocycles. The summed E-state index contributed by atoms with van der Waals surface area (Å²) in [7, 11) is 0. The van der Waals surface area contributed by atoms with Gasteiger partial charge < -0.3 is 21.1 Å². The van der Waals surface area contributed by atoms with E-state index in [2.05, 4.69) is 0 Å². The van der Waals surface area contributed by atoms with Gasteiger partial charge in [-0.2, -0.15) is 0 Å². The summed E-state index contributed by atoms with van der Waals surface area (Å²) in [6, 6.07) is 0. The smallest absolute Gasteiger partial charge is 0.103 e. The fraction of sp³-hybridized carbons (Fsp3) is 1.00. The zero-order chi connectivity index (χ0) is 7.28. The number of aliphatic hydroxyl groups is 3. The van der Waals surface area contributed by atoms with Gasteiger partial charge in [-0.1, -0.05) is 0 Å². The van der Waals surface area contributed by atoms with Gasteiger partial charge in [0.2, 0.25) is 0 Å². The highest BCUT2D eigenvalue weighted by molar-refractivity contribution is 4.65. The van der Waals surface area contributed by atoms with Crippen LogP contribution in [0.1, 0.15) is 6.42 Å². The van der Waals surface area contributed by atoms with Crippen LogP contribution in [-0.4, -0.2) is 40.7 Å². The summed E-state index contributed by atoms with van der Waals surface area (Å²) in [5, 5.41) is 25.8. The minimum atomic E-state index is -1.05. The first-order chi connectivity index (χ1) is 4.22. The zero-order valence-corrected chi connectivity index (χ0v) is 5.20. The minimum absolute atomic E-state index is 0.318. The monoisotopic (exact) mass is 135 g/mol. The Balaban J connectivity index is 3.32. The third-order valence-corrected chi connectivity index (χ3v) is 1.09. The Morgan fingerprint density at radius 1 is 1.22 bits per heavy atom. The van der Waals surface area contributed by atoms with Crippen LogP contribution in [0, 0.1) is 0 Å². The quantitative estimate of drug-likeness (QED) is 0.361. The molecule has 0 fully saturated rings. The summed E-state index contributed by atoms with van der Waals surface area (Å²) in [6.07, 6.45) is -1.62. The van der Waals surface area contributed by atoms with Crippen molar-refractivity contribution < 1.29 is 15.3 Å². The van der Waals surface area contributed by atoms with Crippen molar-refractivity contribution in [2.45, 2.75) is 18.6 Å². The molecule has 4 nitrogen and oxygen atoms in total. The molecule has 0 aromatic carbocycles. The minimum Gasteiger partial charge on any atom is -0.394 e. The fourth-order valence-corrected chi connectivity index (χ4v) is 0.485. The summed E-state index contributed by atoms with van der Waals surface area (Å²) < 4.78 is 0. The third kappa shape index (κ3) is 3.42. The third-order valence-electron chi connectivity index (χ3n) is 1.09. The van der Waals surface area contributed by atoms with Crippen molar-refractivity contribution in [1.82, 2.24) is 0 Å². The SMILES string of the molecule is NCC[C@H](O)[C@H](O)CO. The summed E-state index contributed by atoms with van der Waals surface area (Å²) in [5.41, 5.74) is 5.07. The fourth-order valence-electron chi connectivity index (χ4n) is 0.485. The first kappa shape index (κ1) is 8.84. The van der Waals surface area contributed by atoms with Gasteiger partial charge in [0, 0.05) is 0 Å². The highest BCUT2D eigenvalue weighted by Gasteiger charge is 2.12. The summed E-state index contributed by atoms with van der Waals surface area (Å²) in [5.74, 6) is 0. The molecule has 0 aromatic rings. The molecule has 4 heteroatoms. The first-order valence-electron chi connectivity index (χ1n) is 2.89. The van der Waals surface area contributed by atoms with Gasteiger partial charge in [-0.25, -0.2) is 0 Å². The van der Waals surface area contributed by atoms with E-state index in [0.717, 1.165) is 0 Å². The summed E-state index contributed by atoms with van der Waals surface area (Å²) in [6.45, 7) is -0.0978. The summed E-state index contributed by atoms with van der Waals surface area (Å²) >= 11 is 0. The molecule has 0 saturated carbocycles. The van der Waals surface area contributed by atoms with Gasteiger partial charge in [0.25, 0.3) is 0 Å². The van der Waals surface area contributed by atoms with Crippen molar-refractivity contribution in [3.8, 4) is 0 Å². The normalized spacial score (nSPS) is 17.3. The zero-order valence-electron chi connectivity index (χ0n) is 5.20. The number of hydrogen-bond acceptors (Lipinski definition) is 4. The maximum atomic E-state index is 8.83. The Bertz CT molecular complexity index is 69.2. The molecule has 0 spiro atoms. The number of hydrogen-bond donors (Lipinski definition) is 4. The number of rotatable bonds is 4. The second-order valence-electron chi connectivity index (χ2n) is 1.89. The Morgan fingerprint density at radius 3 is 2.11 bits per heavy atom. The van der Waals surface area contributed by atoms with Crippen LogP contribution in [0.4, 0.5) is 0 Å². The molecule has 0 aliphatic rings. The van der Waals surface area contributed by atoms with Gasteiger partial charge in [0.15, 0.2) is 0 Å². The maximum absolute atomic E-state index is 8.83. The van der Waals surface area contributed by atoms with E-state index in [1.807, 2.05) is 0 Å². The average molecular weight is 135 g/mol. The van der Waals surface area contributed by atoms with E-state index in [1.54, 1.807) is 0 Å². The second-order valence-corrected chi connectivity index (χ2v) is 1.89. The highest BCUT2D eigenvalue weighted by Crippen LogP contribution is 1.95.